The van der Waals surface area contributed by atoms with Crippen molar-refractivity contribution < 1.29 is 0 Å². The van der Waals surface area contributed by atoms with Crippen LogP contribution in [0.25, 0.3) is 0 Å². The Morgan fingerprint density at radius 3 is 2.08 bits per heavy atom. The number of fused-ring (bicyclic) bond motifs is 1. The van der Waals surface area contributed by atoms with Crippen LogP contribution in [0.2, 0.25) is 0 Å². The molecule has 0 spiro atoms. The Kier molecular flexibility index (Phi) is 9.91. The molecule has 3 rings (SSSR count). The molecule has 38 heavy (non-hydrogen) atoms. The first kappa shape index (κ1) is 30.0. The van der Waals surface area contributed by atoms with E-state index in [-0.39, 0.29) is 6.04 Å². The van der Waals surface area contributed by atoms with Crippen LogP contribution in [0.5, 0.6) is 0 Å². The zero-order chi connectivity index (χ0) is 28.2. The van der Waals surface area contributed by atoms with Crippen LogP contribution in [0.1, 0.15) is 77.8 Å². The Morgan fingerprint density at radius 1 is 1.00 bits per heavy atom. The lowest BCUT2D eigenvalue weighted by Crippen LogP contribution is -2.38. The van der Waals surface area contributed by atoms with E-state index in [2.05, 4.69) is 90.5 Å². The van der Waals surface area contributed by atoms with Crippen molar-refractivity contribution in [3.05, 3.63) is 109 Å². The van der Waals surface area contributed by atoms with Gasteiger partial charge < -0.3 is 5.32 Å². The number of allylic oxidation sites excluding steroid dienone is 5. The van der Waals surface area contributed by atoms with Crippen molar-refractivity contribution in [2.45, 2.75) is 85.6 Å². The van der Waals surface area contributed by atoms with Crippen molar-refractivity contribution in [2.75, 3.05) is 0 Å². The third-order valence-electron chi connectivity index (χ3n) is 9.68. The van der Waals surface area contributed by atoms with E-state index in [1.165, 1.54) is 34.3 Å². The van der Waals surface area contributed by atoms with Gasteiger partial charge in [-0.1, -0.05) is 107 Å². The van der Waals surface area contributed by atoms with Crippen LogP contribution in [-0.2, 0) is 12.8 Å². The van der Waals surface area contributed by atoms with Crippen LogP contribution >= 0.6 is 0 Å². The molecule has 2 aliphatic rings. The highest BCUT2D eigenvalue weighted by atomic mass is 14.9. The molecule has 206 valence electrons. The van der Waals surface area contributed by atoms with Crippen LogP contribution in [0.3, 0.4) is 0 Å². The second kappa shape index (κ2) is 12.5. The fourth-order valence-electron chi connectivity index (χ4n) is 7.48. The number of benzene rings is 1. The van der Waals surface area contributed by atoms with E-state index in [4.69, 9.17) is 13.2 Å². The lowest BCUT2D eigenvalue weighted by Gasteiger charge is -2.32. The SMILES string of the molecule is C=CCCC(CC(=C)C(CC(=C)C(NC(=C)C)C1Cc2ccccc2C1)C1C(CC)C1(C)C)C(=C)C(=C)C. The van der Waals surface area contributed by atoms with Crippen LogP contribution in [0.15, 0.2) is 97.8 Å². The molecule has 2 aliphatic carbocycles. The average Bonchev–Trinajstić information content (AvgIpc) is 3.19. The summed E-state index contributed by atoms with van der Waals surface area (Å²) in [6.45, 7) is 37.7. The third kappa shape index (κ3) is 6.71. The number of nitrogens with one attached hydrogen (secondary N) is 1. The molecule has 5 unspecified atom stereocenters. The van der Waals surface area contributed by atoms with Gasteiger partial charge in [0.25, 0.3) is 0 Å². The van der Waals surface area contributed by atoms with Gasteiger partial charge in [-0.05, 0) is 104 Å². The molecular formula is C37H53N. The average molecular weight is 512 g/mol. The molecule has 0 amide bonds. The summed E-state index contributed by atoms with van der Waals surface area (Å²) in [5, 5.41) is 3.75. The summed E-state index contributed by atoms with van der Waals surface area (Å²) in [6, 6.07) is 9.13. The lowest BCUT2D eigenvalue weighted by atomic mass is 9.76. The van der Waals surface area contributed by atoms with Crippen molar-refractivity contribution >= 4 is 0 Å². The highest BCUT2D eigenvalue weighted by Gasteiger charge is 2.59. The summed E-state index contributed by atoms with van der Waals surface area (Å²) < 4.78 is 0. The van der Waals surface area contributed by atoms with E-state index < -0.39 is 0 Å². The molecule has 1 fully saturated rings. The minimum absolute atomic E-state index is 0.221. The zero-order valence-electron chi connectivity index (χ0n) is 25.0. The number of hydrogen-bond acceptors (Lipinski definition) is 1. The van der Waals surface area contributed by atoms with Gasteiger partial charge in [0.1, 0.15) is 0 Å². The fraction of sp³-hybridized carbons (Fsp3) is 0.514. The maximum atomic E-state index is 4.77. The maximum absolute atomic E-state index is 4.77. The Labute approximate surface area is 234 Å². The van der Waals surface area contributed by atoms with Crippen LogP contribution in [0, 0.1) is 35.0 Å². The highest BCUT2D eigenvalue weighted by molar-refractivity contribution is 5.35. The lowest BCUT2D eigenvalue weighted by molar-refractivity contribution is 0.375. The molecule has 1 aromatic carbocycles. The third-order valence-corrected chi connectivity index (χ3v) is 9.68. The minimum Gasteiger partial charge on any atom is -0.382 e. The summed E-state index contributed by atoms with van der Waals surface area (Å²) in [7, 11) is 0. The summed E-state index contributed by atoms with van der Waals surface area (Å²) in [5.41, 5.74) is 9.23. The van der Waals surface area contributed by atoms with E-state index in [1.807, 2.05) is 6.08 Å². The van der Waals surface area contributed by atoms with Crippen molar-refractivity contribution in [1.82, 2.24) is 5.32 Å². The van der Waals surface area contributed by atoms with Crippen LogP contribution in [-0.4, -0.2) is 6.04 Å². The van der Waals surface area contributed by atoms with Gasteiger partial charge in [-0.15, -0.1) is 6.58 Å². The largest absolute Gasteiger partial charge is 0.382 e. The fourth-order valence-corrected chi connectivity index (χ4v) is 7.48. The second-order valence-corrected chi connectivity index (χ2v) is 12.9. The van der Waals surface area contributed by atoms with E-state index in [0.29, 0.717) is 29.1 Å². The van der Waals surface area contributed by atoms with Gasteiger partial charge in [0.15, 0.2) is 0 Å². The van der Waals surface area contributed by atoms with Gasteiger partial charge in [0, 0.05) is 5.70 Å². The van der Waals surface area contributed by atoms with Crippen molar-refractivity contribution in [2.24, 2.45) is 35.0 Å². The molecule has 0 aromatic heterocycles. The second-order valence-electron chi connectivity index (χ2n) is 12.9. The Morgan fingerprint density at radius 2 is 1.61 bits per heavy atom. The molecule has 0 heterocycles. The van der Waals surface area contributed by atoms with E-state index in [0.717, 1.165) is 55.7 Å². The first-order valence-corrected chi connectivity index (χ1v) is 14.7. The molecule has 0 radical (unpaired) electrons. The molecule has 0 saturated heterocycles. The Balaban J connectivity index is 1.85. The first-order chi connectivity index (χ1) is 17.9. The molecule has 1 N–H and O–H groups in total. The van der Waals surface area contributed by atoms with Gasteiger partial charge in [-0.3, -0.25) is 0 Å². The summed E-state index contributed by atoms with van der Waals surface area (Å²) in [5.74, 6) is 2.66. The van der Waals surface area contributed by atoms with E-state index in [9.17, 15) is 0 Å². The predicted octanol–water partition coefficient (Wildman–Crippen LogP) is 9.80. The number of rotatable bonds is 16. The molecule has 1 nitrogen and oxygen atoms in total. The highest BCUT2D eigenvalue weighted by Crippen LogP contribution is 2.65. The Bertz CT molecular complexity index is 1060. The van der Waals surface area contributed by atoms with E-state index in [1.54, 1.807) is 0 Å². The number of hydrogen-bond donors (Lipinski definition) is 1. The van der Waals surface area contributed by atoms with Gasteiger partial charge in [-0.25, -0.2) is 0 Å². The smallest absolute Gasteiger partial charge is 0.0502 e. The predicted molar refractivity (Wildman–Crippen MR) is 168 cm³/mol. The molecule has 1 heteroatoms. The maximum Gasteiger partial charge on any atom is 0.0502 e. The standard InChI is InChI=1S/C37H53N/c1-12-14-17-29(28(9)24(3)4)20-26(7)33(35-34(13-2)37(35,10)11)21-27(8)36(38-25(5)6)32-22-30-18-15-16-19-31(30)23-32/h12,15-16,18-19,29,32-36,38H,1,3,5,7-9,13-14,17,20-23H2,2,4,6,10-11H3. The first-order valence-electron chi connectivity index (χ1n) is 14.7. The van der Waals surface area contributed by atoms with Crippen LogP contribution < -0.4 is 5.32 Å². The molecule has 1 aromatic rings. The van der Waals surface area contributed by atoms with Crippen molar-refractivity contribution in [3.63, 3.8) is 0 Å². The summed E-state index contributed by atoms with van der Waals surface area (Å²) in [4.78, 5) is 0. The normalized spacial score (nSPS) is 22.0. The van der Waals surface area contributed by atoms with Gasteiger partial charge in [0.2, 0.25) is 0 Å². The Hall–Kier alpha value is -2.54. The molecule has 5 atom stereocenters. The van der Waals surface area contributed by atoms with Crippen molar-refractivity contribution in [3.8, 4) is 0 Å². The van der Waals surface area contributed by atoms with Gasteiger partial charge >= 0.3 is 0 Å². The summed E-state index contributed by atoms with van der Waals surface area (Å²) >= 11 is 0. The topological polar surface area (TPSA) is 12.0 Å². The molecule has 0 aliphatic heterocycles. The molecule has 0 bridgehead atoms. The van der Waals surface area contributed by atoms with Gasteiger partial charge in [-0.2, -0.15) is 0 Å². The molecule has 1 saturated carbocycles. The zero-order valence-corrected chi connectivity index (χ0v) is 25.0. The van der Waals surface area contributed by atoms with E-state index >= 15 is 0 Å². The monoisotopic (exact) mass is 511 g/mol. The quantitative estimate of drug-likeness (QED) is 0.172. The molecular weight excluding hydrogens is 458 g/mol. The van der Waals surface area contributed by atoms with Crippen molar-refractivity contribution in [1.29, 1.82) is 0 Å². The van der Waals surface area contributed by atoms with Crippen LogP contribution in [0.4, 0.5) is 0 Å². The summed E-state index contributed by atoms with van der Waals surface area (Å²) in [6.07, 6.45) is 9.42. The minimum atomic E-state index is 0.221. The van der Waals surface area contributed by atoms with Gasteiger partial charge in [0.05, 0.1) is 6.04 Å².